The quantitative estimate of drug-likeness (QED) is 0.377. The van der Waals surface area contributed by atoms with Crippen LogP contribution in [0.1, 0.15) is 22.3 Å². The number of likely N-dealkylation sites (N-methyl/N-ethyl adjacent to an activating group) is 1. The Morgan fingerprint density at radius 2 is 0.969 bits per heavy atom. The summed E-state index contributed by atoms with van der Waals surface area (Å²) in [5, 5.41) is 0. The van der Waals surface area contributed by atoms with Crippen LogP contribution in [0.2, 0.25) is 0 Å². The van der Waals surface area contributed by atoms with Crippen molar-refractivity contribution in [3.63, 3.8) is 0 Å². The molecule has 1 heterocycles. The van der Waals surface area contributed by atoms with E-state index < -0.39 is 5.41 Å². The Bertz CT molecular complexity index is 1180. The van der Waals surface area contributed by atoms with Crippen LogP contribution in [0.15, 0.2) is 132 Å². The van der Waals surface area contributed by atoms with Crippen LogP contribution >= 0.6 is 0 Å². The van der Waals surface area contributed by atoms with Crippen LogP contribution in [0, 0.1) is 0 Å². The maximum absolute atomic E-state index is 4.81. The fourth-order valence-electron chi connectivity index (χ4n) is 5.06. The lowest BCUT2D eigenvalue weighted by Crippen LogP contribution is -2.61. The number of hydrogen-bond donors (Lipinski definition) is 0. The third kappa shape index (κ3) is 2.99. The number of nitrogens with zero attached hydrogens (tertiary/aromatic N) is 2. The van der Waals surface area contributed by atoms with E-state index in [0.717, 1.165) is 5.84 Å². The Morgan fingerprint density at radius 1 is 0.594 bits per heavy atom. The maximum atomic E-state index is 4.81. The van der Waals surface area contributed by atoms with Gasteiger partial charge in [0, 0.05) is 25.4 Å². The number of amidine groups is 1. The standard InChI is InChI=1S/C30H26N2/c1-31-29-30(25-19-11-5-12-20-25,26-21-13-6-14-22-26)28(32(29)2)27(23-15-7-3-8-16-23)24-17-9-4-10-18-24/h3-22H,1-2H3. The molecule has 1 aliphatic rings. The molecule has 156 valence electrons. The number of likely N-dealkylation sites (tertiary alicyclic amines) is 1. The molecule has 0 unspecified atom stereocenters. The molecule has 4 aromatic carbocycles. The van der Waals surface area contributed by atoms with E-state index in [1.54, 1.807) is 0 Å². The minimum Gasteiger partial charge on any atom is -0.333 e. The van der Waals surface area contributed by atoms with Crippen LogP contribution in [0.25, 0.3) is 5.57 Å². The molecule has 32 heavy (non-hydrogen) atoms. The van der Waals surface area contributed by atoms with Gasteiger partial charge in [-0.1, -0.05) is 121 Å². The average molecular weight is 415 g/mol. The van der Waals surface area contributed by atoms with Crippen LogP contribution in [0.5, 0.6) is 0 Å². The first-order valence-corrected chi connectivity index (χ1v) is 11.0. The molecular weight excluding hydrogens is 388 g/mol. The van der Waals surface area contributed by atoms with Gasteiger partial charge < -0.3 is 4.90 Å². The summed E-state index contributed by atoms with van der Waals surface area (Å²) in [5.74, 6) is 1.05. The highest BCUT2D eigenvalue weighted by Crippen LogP contribution is 2.54. The lowest BCUT2D eigenvalue weighted by atomic mass is 9.62. The molecule has 1 saturated heterocycles. The van der Waals surface area contributed by atoms with E-state index in [4.69, 9.17) is 4.99 Å². The topological polar surface area (TPSA) is 15.6 Å². The van der Waals surface area contributed by atoms with Gasteiger partial charge in [-0.3, -0.25) is 4.99 Å². The van der Waals surface area contributed by atoms with Crippen molar-refractivity contribution in [2.75, 3.05) is 14.1 Å². The molecule has 0 aliphatic carbocycles. The first kappa shape index (κ1) is 20.0. The van der Waals surface area contributed by atoms with E-state index in [9.17, 15) is 0 Å². The van der Waals surface area contributed by atoms with E-state index in [2.05, 4.69) is 133 Å². The molecule has 2 nitrogen and oxygen atoms in total. The van der Waals surface area contributed by atoms with Crippen molar-refractivity contribution in [1.82, 2.24) is 4.90 Å². The van der Waals surface area contributed by atoms with E-state index in [1.165, 1.54) is 33.5 Å². The molecule has 0 atom stereocenters. The van der Waals surface area contributed by atoms with Crippen LogP contribution in [0.4, 0.5) is 0 Å². The second-order valence-electron chi connectivity index (χ2n) is 8.04. The van der Waals surface area contributed by atoms with E-state index in [-0.39, 0.29) is 0 Å². The Labute approximate surface area is 190 Å². The summed E-state index contributed by atoms with van der Waals surface area (Å²) < 4.78 is 0. The molecule has 5 rings (SSSR count). The maximum Gasteiger partial charge on any atom is 0.124 e. The highest BCUT2D eigenvalue weighted by Gasteiger charge is 2.56. The molecule has 0 radical (unpaired) electrons. The fraction of sp³-hybridized carbons (Fsp3) is 0.100. The van der Waals surface area contributed by atoms with Gasteiger partial charge in [-0.2, -0.15) is 0 Å². The number of rotatable bonds is 4. The number of aliphatic imine (C=N–C) groups is 1. The van der Waals surface area contributed by atoms with Gasteiger partial charge in [-0.15, -0.1) is 0 Å². The fourth-order valence-corrected chi connectivity index (χ4v) is 5.06. The average Bonchev–Trinajstić information content (AvgIpc) is 2.87. The Kier molecular flexibility index (Phi) is 5.20. The highest BCUT2D eigenvalue weighted by atomic mass is 15.3. The van der Waals surface area contributed by atoms with E-state index in [1.807, 2.05) is 7.05 Å². The second-order valence-corrected chi connectivity index (χ2v) is 8.04. The van der Waals surface area contributed by atoms with Gasteiger partial charge in [0.15, 0.2) is 0 Å². The summed E-state index contributed by atoms with van der Waals surface area (Å²) >= 11 is 0. The minimum absolute atomic E-state index is 0.451. The SMILES string of the molecule is CN=C1N(C)C(=C(c2ccccc2)c2ccccc2)C1(c1ccccc1)c1ccccc1. The molecule has 0 spiro atoms. The lowest BCUT2D eigenvalue weighted by Gasteiger charge is -2.55. The summed E-state index contributed by atoms with van der Waals surface area (Å²) in [7, 11) is 4.03. The smallest absolute Gasteiger partial charge is 0.124 e. The van der Waals surface area contributed by atoms with E-state index in [0.29, 0.717) is 0 Å². The predicted octanol–water partition coefficient (Wildman–Crippen LogP) is 6.41. The van der Waals surface area contributed by atoms with Crippen molar-refractivity contribution in [2.45, 2.75) is 5.41 Å². The van der Waals surface area contributed by atoms with Gasteiger partial charge in [0.2, 0.25) is 0 Å². The largest absolute Gasteiger partial charge is 0.333 e. The Balaban J connectivity index is 1.93. The van der Waals surface area contributed by atoms with Crippen molar-refractivity contribution in [3.8, 4) is 0 Å². The van der Waals surface area contributed by atoms with Crippen LogP contribution in [0.3, 0.4) is 0 Å². The van der Waals surface area contributed by atoms with Gasteiger partial charge in [-0.05, 0) is 22.3 Å². The molecule has 1 fully saturated rings. The third-order valence-corrected chi connectivity index (χ3v) is 6.33. The van der Waals surface area contributed by atoms with Crippen molar-refractivity contribution < 1.29 is 0 Å². The molecule has 0 N–H and O–H groups in total. The summed E-state index contributed by atoms with van der Waals surface area (Å²) in [4.78, 5) is 7.07. The molecule has 1 aliphatic heterocycles. The summed E-state index contributed by atoms with van der Waals surface area (Å²) in [5.41, 5.74) is 6.88. The van der Waals surface area contributed by atoms with Gasteiger partial charge >= 0.3 is 0 Å². The summed E-state index contributed by atoms with van der Waals surface area (Å²) in [6.45, 7) is 0. The van der Waals surface area contributed by atoms with Crippen molar-refractivity contribution in [1.29, 1.82) is 0 Å². The Morgan fingerprint density at radius 3 is 1.34 bits per heavy atom. The molecular formula is C30H26N2. The minimum atomic E-state index is -0.451. The van der Waals surface area contributed by atoms with Gasteiger partial charge in [0.25, 0.3) is 0 Å². The Hall–Kier alpha value is -3.91. The van der Waals surface area contributed by atoms with E-state index >= 15 is 0 Å². The monoisotopic (exact) mass is 414 g/mol. The molecule has 0 bridgehead atoms. The molecule has 0 saturated carbocycles. The zero-order valence-electron chi connectivity index (χ0n) is 18.4. The van der Waals surface area contributed by atoms with Crippen LogP contribution < -0.4 is 0 Å². The molecule has 0 aromatic heterocycles. The van der Waals surface area contributed by atoms with Crippen molar-refractivity contribution in [2.24, 2.45) is 4.99 Å². The van der Waals surface area contributed by atoms with Crippen LogP contribution in [-0.4, -0.2) is 24.8 Å². The first-order chi connectivity index (χ1) is 15.8. The highest BCUT2D eigenvalue weighted by molar-refractivity contribution is 6.11. The first-order valence-electron chi connectivity index (χ1n) is 11.0. The summed E-state index contributed by atoms with van der Waals surface area (Å²) in [6.07, 6.45) is 0. The van der Waals surface area contributed by atoms with Crippen LogP contribution in [-0.2, 0) is 5.41 Å². The number of hydrogen-bond acceptors (Lipinski definition) is 1. The van der Waals surface area contributed by atoms with Crippen molar-refractivity contribution in [3.05, 3.63) is 149 Å². The molecule has 2 heteroatoms. The summed E-state index contributed by atoms with van der Waals surface area (Å²) in [6, 6.07) is 42.9. The molecule has 4 aromatic rings. The molecule has 0 amide bonds. The van der Waals surface area contributed by atoms with Crippen molar-refractivity contribution >= 4 is 11.4 Å². The number of benzene rings is 4. The zero-order chi connectivity index (χ0) is 22.0. The lowest BCUT2D eigenvalue weighted by molar-refractivity contribution is 0.424. The van der Waals surface area contributed by atoms with Gasteiger partial charge in [0.1, 0.15) is 11.3 Å². The second kappa shape index (κ2) is 8.32. The van der Waals surface area contributed by atoms with Gasteiger partial charge in [-0.25, -0.2) is 0 Å². The van der Waals surface area contributed by atoms with Gasteiger partial charge in [0.05, 0.1) is 0 Å². The predicted molar refractivity (Wildman–Crippen MR) is 134 cm³/mol. The zero-order valence-corrected chi connectivity index (χ0v) is 18.4. The third-order valence-electron chi connectivity index (χ3n) is 6.33. The normalized spacial score (nSPS) is 16.0.